The molecule has 0 radical (unpaired) electrons. The zero-order valence-corrected chi connectivity index (χ0v) is 14.6. The van der Waals surface area contributed by atoms with Gasteiger partial charge in [0, 0.05) is 17.4 Å². The number of carbonyl (C=O) groups is 1. The van der Waals surface area contributed by atoms with E-state index < -0.39 is 0 Å². The summed E-state index contributed by atoms with van der Waals surface area (Å²) < 4.78 is 5.21. The van der Waals surface area contributed by atoms with Crippen molar-refractivity contribution in [2.75, 3.05) is 17.7 Å². The van der Waals surface area contributed by atoms with Crippen molar-refractivity contribution in [3.63, 3.8) is 0 Å². The van der Waals surface area contributed by atoms with Crippen molar-refractivity contribution < 1.29 is 9.53 Å². The SMILES string of the molecule is COc1ccc(-c2c[nH]c3ncnc(NC(=O)Nc4ccccc4)c23)cc1. The summed E-state index contributed by atoms with van der Waals surface area (Å²) in [7, 11) is 1.63. The number of nitrogens with zero attached hydrogens (tertiary/aromatic N) is 2. The Labute approximate surface area is 155 Å². The molecule has 0 aliphatic rings. The molecule has 0 aliphatic carbocycles. The van der Waals surface area contributed by atoms with Gasteiger partial charge in [0.2, 0.25) is 0 Å². The standard InChI is InChI=1S/C20H17N5O2/c1-27-15-9-7-13(8-10-15)16-11-21-18-17(16)19(23-12-22-18)25-20(26)24-14-5-3-2-4-6-14/h2-12H,1H3,(H3,21,22,23,24,25,26). The molecule has 0 aliphatic heterocycles. The molecule has 134 valence electrons. The van der Waals surface area contributed by atoms with Crippen molar-refractivity contribution >= 4 is 28.6 Å². The molecule has 0 fully saturated rings. The van der Waals surface area contributed by atoms with Crippen molar-refractivity contribution in [1.29, 1.82) is 0 Å². The normalized spacial score (nSPS) is 10.6. The predicted octanol–water partition coefficient (Wildman–Crippen LogP) is 4.28. The van der Waals surface area contributed by atoms with Crippen LogP contribution in [0.4, 0.5) is 16.3 Å². The highest BCUT2D eigenvalue weighted by atomic mass is 16.5. The number of H-pyrrole nitrogens is 1. The molecule has 2 amide bonds. The van der Waals surface area contributed by atoms with E-state index in [9.17, 15) is 4.79 Å². The lowest BCUT2D eigenvalue weighted by molar-refractivity contribution is 0.262. The molecule has 0 saturated carbocycles. The lowest BCUT2D eigenvalue weighted by atomic mass is 10.1. The number of methoxy groups -OCH3 is 1. The van der Waals surface area contributed by atoms with Gasteiger partial charge >= 0.3 is 6.03 Å². The molecule has 7 heteroatoms. The number of aromatic nitrogens is 3. The van der Waals surface area contributed by atoms with E-state index >= 15 is 0 Å². The third-order valence-corrected chi connectivity index (χ3v) is 4.13. The van der Waals surface area contributed by atoms with E-state index in [1.54, 1.807) is 7.11 Å². The molecule has 0 unspecified atom stereocenters. The molecule has 4 aromatic rings. The number of benzene rings is 2. The summed E-state index contributed by atoms with van der Waals surface area (Å²) in [5, 5.41) is 6.33. The van der Waals surface area contributed by atoms with Gasteiger partial charge in [0.25, 0.3) is 0 Å². The third kappa shape index (κ3) is 3.43. The smallest absolute Gasteiger partial charge is 0.324 e. The first-order valence-electron chi connectivity index (χ1n) is 8.34. The molecule has 4 rings (SSSR count). The molecular formula is C20H17N5O2. The third-order valence-electron chi connectivity index (χ3n) is 4.13. The Morgan fingerprint density at radius 1 is 1.00 bits per heavy atom. The van der Waals surface area contributed by atoms with Gasteiger partial charge in [0.15, 0.2) is 0 Å². The Kier molecular flexibility index (Phi) is 4.40. The van der Waals surface area contributed by atoms with E-state index in [-0.39, 0.29) is 6.03 Å². The van der Waals surface area contributed by atoms with Crippen molar-refractivity contribution in [1.82, 2.24) is 15.0 Å². The molecule has 2 aromatic heterocycles. The van der Waals surface area contributed by atoms with Crippen LogP contribution in [0.15, 0.2) is 67.1 Å². The number of urea groups is 1. The lowest BCUT2D eigenvalue weighted by Gasteiger charge is -2.09. The Bertz CT molecular complexity index is 1070. The summed E-state index contributed by atoms with van der Waals surface area (Å²) in [6, 6.07) is 16.5. The Hall–Kier alpha value is -3.87. The van der Waals surface area contributed by atoms with E-state index in [1.165, 1.54) is 6.33 Å². The molecule has 7 nitrogen and oxygen atoms in total. The van der Waals surface area contributed by atoms with Crippen LogP contribution in [0.2, 0.25) is 0 Å². The van der Waals surface area contributed by atoms with Gasteiger partial charge < -0.3 is 15.0 Å². The Morgan fingerprint density at radius 2 is 1.78 bits per heavy atom. The van der Waals surface area contributed by atoms with Gasteiger partial charge in [-0.05, 0) is 29.8 Å². The van der Waals surface area contributed by atoms with E-state index in [1.807, 2.05) is 60.8 Å². The molecule has 0 bridgehead atoms. The van der Waals surface area contributed by atoms with Crippen molar-refractivity contribution in [2.24, 2.45) is 0 Å². The zero-order valence-electron chi connectivity index (χ0n) is 14.6. The van der Waals surface area contributed by atoms with Gasteiger partial charge in [-0.1, -0.05) is 30.3 Å². The van der Waals surface area contributed by atoms with E-state index in [2.05, 4.69) is 25.6 Å². The number of para-hydroxylation sites is 1. The van der Waals surface area contributed by atoms with Crippen LogP contribution in [0.25, 0.3) is 22.2 Å². The lowest BCUT2D eigenvalue weighted by Crippen LogP contribution is -2.20. The number of nitrogens with one attached hydrogen (secondary N) is 3. The molecule has 0 atom stereocenters. The van der Waals surface area contributed by atoms with Crippen LogP contribution in [0.3, 0.4) is 0 Å². The first-order chi connectivity index (χ1) is 13.2. The Balaban J connectivity index is 1.66. The number of fused-ring (bicyclic) bond motifs is 1. The highest BCUT2D eigenvalue weighted by Crippen LogP contribution is 2.32. The summed E-state index contributed by atoms with van der Waals surface area (Å²) >= 11 is 0. The Morgan fingerprint density at radius 3 is 2.52 bits per heavy atom. The van der Waals surface area contributed by atoms with Crippen LogP contribution in [0, 0.1) is 0 Å². The number of hydrogen-bond acceptors (Lipinski definition) is 4. The maximum absolute atomic E-state index is 12.4. The minimum atomic E-state index is -0.372. The number of rotatable bonds is 4. The number of ether oxygens (including phenoxy) is 1. The first-order valence-corrected chi connectivity index (χ1v) is 8.34. The summed E-state index contributed by atoms with van der Waals surface area (Å²) in [4.78, 5) is 24.0. The second-order valence-electron chi connectivity index (χ2n) is 5.82. The second kappa shape index (κ2) is 7.17. The average molecular weight is 359 g/mol. The van der Waals surface area contributed by atoms with Crippen LogP contribution in [-0.2, 0) is 0 Å². The van der Waals surface area contributed by atoms with Crippen molar-refractivity contribution in [3.8, 4) is 16.9 Å². The van der Waals surface area contributed by atoms with Gasteiger partial charge in [-0.25, -0.2) is 14.8 Å². The average Bonchev–Trinajstić information content (AvgIpc) is 3.14. The van der Waals surface area contributed by atoms with Crippen LogP contribution in [-0.4, -0.2) is 28.1 Å². The summed E-state index contributed by atoms with van der Waals surface area (Å²) in [5.74, 6) is 1.20. The summed E-state index contributed by atoms with van der Waals surface area (Å²) in [6.45, 7) is 0. The monoisotopic (exact) mass is 359 g/mol. The molecule has 27 heavy (non-hydrogen) atoms. The quantitative estimate of drug-likeness (QED) is 0.507. The fraction of sp³-hybridized carbons (Fsp3) is 0.0500. The highest BCUT2D eigenvalue weighted by Gasteiger charge is 2.15. The van der Waals surface area contributed by atoms with Gasteiger partial charge in [-0.2, -0.15) is 0 Å². The molecule has 0 spiro atoms. The second-order valence-corrected chi connectivity index (χ2v) is 5.82. The van der Waals surface area contributed by atoms with Gasteiger partial charge in [0.05, 0.1) is 12.5 Å². The van der Waals surface area contributed by atoms with Crippen LogP contribution >= 0.6 is 0 Å². The minimum Gasteiger partial charge on any atom is -0.497 e. The first kappa shape index (κ1) is 16.6. The van der Waals surface area contributed by atoms with E-state index in [0.29, 0.717) is 17.2 Å². The molecule has 2 aromatic carbocycles. The van der Waals surface area contributed by atoms with Crippen LogP contribution in [0.5, 0.6) is 5.75 Å². The molecular weight excluding hydrogens is 342 g/mol. The van der Waals surface area contributed by atoms with Crippen molar-refractivity contribution in [3.05, 3.63) is 67.1 Å². The number of carbonyl (C=O) groups excluding carboxylic acids is 1. The van der Waals surface area contributed by atoms with Gasteiger partial charge in [-0.3, -0.25) is 5.32 Å². The van der Waals surface area contributed by atoms with Crippen LogP contribution in [0.1, 0.15) is 0 Å². The highest BCUT2D eigenvalue weighted by molar-refractivity contribution is 6.08. The summed E-state index contributed by atoms with van der Waals surface area (Å²) in [5.41, 5.74) is 3.20. The molecule has 3 N–H and O–H groups in total. The molecule has 0 saturated heterocycles. The fourth-order valence-corrected chi connectivity index (χ4v) is 2.85. The maximum atomic E-state index is 12.4. The van der Waals surface area contributed by atoms with Gasteiger partial charge in [-0.15, -0.1) is 0 Å². The van der Waals surface area contributed by atoms with Crippen LogP contribution < -0.4 is 15.4 Å². The maximum Gasteiger partial charge on any atom is 0.324 e. The van der Waals surface area contributed by atoms with E-state index in [0.717, 1.165) is 22.3 Å². The minimum absolute atomic E-state index is 0.372. The summed E-state index contributed by atoms with van der Waals surface area (Å²) in [6.07, 6.45) is 3.26. The van der Waals surface area contributed by atoms with E-state index in [4.69, 9.17) is 4.74 Å². The number of anilines is 2. The number of aromatic amines is 1. The number of amides is 2. The largest absolute Gasteiger partial charge is 0.497 e. The number of hydrogen-bond donors (Lipinski definition) is 3. The zero-order chi connectivity index (χ0) is 18.6. The van der Waals surface area contributed by atoms with Crippen molar-refractivity contribution in [2.45, 2.75) is 0 Å². The van der Waals surface area contributed by atoms with Gasteiger partial charge in [0.1, 0.15) is 23.5 Å². The molecule has 2 heterocycles. The fourth-order valence-electron chi connectivity index (χ4n) is 2.85. The predicted molar refractivity (Wildman–Crippen MR) is 105 cm³/mol. The topological polar surface area (TPSA) is 91.9 Å².